The van der Waals surface area contributed by atoms with Gasteiger partial charge in [-0.25, -0.2) is 8.78 Å². The highest BCUT2D eigenvalue weighted by molar-refractivity contribution is 5.22. The van der Waals surface area contributed by atoms with Crippen LogP contribution >= 0.6 is 0 Å². The normalized spacial score (nSPS) is 12.7. The number of hydrogen-bond donors (Lipinski definition) is 1. The molecule has 1 aromatic rings. The minimum Gasteiger partial charge on any atom is -0.379 e. The summed E-state index contributed by atoms with van der Waals surface area (Å²) in [4.78, 5) is 0. The average molecular weight is 259 g/mol. The third kappa shape index (κ3) is 5.08. The molecule has 0 spiro atoms. The van der Waals surface area contributed by atoms with Crippen molar-refractivity contribution in [2.24, 2.45) is 5.73 Å². The summed E-state index contributed by atoms with van der Waals surface area (Å²) in [6.07, 6.45) is 0.952. The summed E-state index contributed by atoms with van der Waals surface area (Å²) >= 11 is 0. The highest BCUT2D eigenvalue weighted by Crippen LogP contribution is 2.16. The smallest absolute Gasteiger partial charge is 0.128 e. The Balaban J connectivity index is 2.31. The van der Waals surface area contributed by atoms with Crippen LogP contribution in [0.3, 0.4) is 0 Å². The van der Waals surface area contributed by atoms with Gasteiger partial charge in [0.05, 0.1) is 25.9 Å². The first-order valence-corrected chi connectivity index (χ1v) is 6.01. The quantitative estimate of drug-likeness (QED) is 0.729. The second kappa shape index (κ2) is 8.13. The van der Waals surface area contributed by atoms with E-state index in [9.17, 15) is 8.78 Å². The molecule has 1 unspecified atom stereocenters. The Morgan fingerprint density at radius 3 is 2.61 bits per heavy atom. The molecule has 18 heavy (non-hydrogen) atoms. The van der Waals surface area contributed by atoms with E-state index in [0.717, 1.165) is 24.6 Å². The van der Waals surface area contributed by atoms with Crippen LogP contribution in [0.4, 0.5) is 8.78 Å². The molecule has 102 valence electrons. The largest absolute Gasteiger partial charge is 0.379 e. The van der Waals surface area contributed by atoms with Gasteiger partial charge in [0.1, 0.15) is 11.6 Å². The fraction of sp³-hybridized carbons (Fsp3) is 0.538. The first-order valence-electron chi connectivity index (χ1n) is 6.01. The van der Waals surface area contributed by atoms with Crippen molar-refractivity contribution in [1.82, 2.24) is 0 Å². The molecule has 0 fully saturated rings. The Bertz CT molecular complexity index is 361. The fourth-order valence-corrected chi connectivity index (χ4v) is 1.46. The van der Waals surface area contributed by atoms with Crippen LogP contribution < -0.4 is 5.73 Å². The van der Waals surface area contributed by atoms with Gasteiger partial charge in [-0.3, -0.25) is 0 Å². The van der Waals surface area contributed by atoms with Crippen molar-refractivity contribution >= 4 is 0 Å². The van der Waals surface area contributed by atoms with Crippen molar-refractivity contribution in [3.63, 3.8) is 0 Å². The number of benzene rings is 1. The van der Waals surface area contributed by atoms with Crippen LogP contribution in [0.5, 0.6) is 0 Å². The van der Waals surface area contributed by atoms with E-state index in [2.05, 4.69) is 0 Å². The number of nitrogens with two attached hydrogens (primary N) is 1. The van der Waals surface area contributed by atoms with Gasteiger partial charge in [-0.15, -0.1) is 0 Å². The van der Waals surface area contributed by atoms with Gasteiger partial charge in [-0.05, 0) is 24.6 Å². The Labute approximate surface area is 106 Å². The minimum atomic E-state index is -0.674. The van der Waals surface area contributed by atoms with Crippen LogP contribution in [-0.4, -0.2) is 26.4 Å². The van der Waals surface area contributed by atoms with E-state index in [1.807, 2.05) is 6.92 Å². The third-order valence-electron chi connectivity index (χ3n) is 2.38. The van der Waals surface area contributed by atoms with Gasteiger partial charge in [0.2, 0.25) is 0 Å². The van der Waals surface area contributed by atoms with E-state index >= 15 is 0 Å². The molecular weight excluding hydrogens is 240 g/mol. The Hall–Kier alpha value is -1.04. The van der Waals surface area contributed by atoms with E-state index in [1.165, 1.54) is 0 Å². The number of ether oxygens (including phenoxy) is 2. The summed E-state index contributed by atoms with van der Waals surface area (Å²) in [6.45, 7) is 3.71. The lowest BCUT2D eigenvalue weighted by atomic mass is 10.1. The van der Waals surface area contributed by atoms with E-state index in [4.69, 9.17) is 15.2 Å². The number of hydrogen-bond acceptors (Lipinski definition) is 3. The molecule has 0 aliphatic heterocycles. The predicted molar refractivity (Wildman–Crippen MR) is 65.2 cm³/mol. The zero-order valence-corrected chi connectivity index (χ0v) is 10.5. The monoisotopic (exact) mass is 259 g/mol. The summed E-state index contributed by atoms with van der Waals surface area (Å²) in [5, 5.41) is 0. The molecule has 0 aliphatic carbocycles. The minimum absolute atomic E-state index is 0.129. The maximum absolute atomic E-state index is 13.4. The number of halogens is 2. The van der Waals surface area contributed by atoms with Gasteiger partial charge < -0.3 is 15.2 Å². The lowest BCUT2D eigenvalue weighted by molar-refractivity contribution is 0.0425. The second-order valence-electron chi connectivity index (χ2n) is 3.96. The second-order valence-corrected chi connectivity index (χ2v) is 3.96. The van der Waals surface area contributed by atoms with Crippen LogP contribution in [-0.2, 0) is 9.47 Å². The molecular formula is C13H19F2NO2. The molecule has 0 bridgehead atoms. The molecule has 5 heteroatoms. The predicted octanol–water partition coefficient (Wildman–Crippen LogP) is 2.41. The van der Waals surface area contributed by atoms with Crippen molar-refractivity contribution in [3.8, 4) is 0 Å². The van der Waals surface area contributed by atoms with Crippen molar-refractivity contribution in [1.29, 1.82) is 0 Å². The van der Waals surface area contributed by atoms with Crippen LogP contribution in [0, 0.1) is 11.6 Å². The summed E-state index contributed by atoms with van der Waals surface area (Å²) in [6, 6.07) is 2.54. The van der Waals surface area contributed by atoms with Crippen molar-refractivity contribution in [3.05, 3.63) is 35.4 Å². The van der Waals surface area contributed by atoms with E-state index in [0.29, 0.717) is 19.8 Å². The Kier molecular flexibility index (Phi) is 6.78. The SMILES string of the molecule is CCCOCCOCC(N)c1cc(F)ccc1F. The molecule has 3 nitrogen and oxygen atoms in total. The lowest BCUT2D eigenvalue weighted by Crippen LogP contribution is -2.20. The summed E-state index contributed by atoms with van der Waals surface area (Å²) in [5.41, 5.74) is 5.86. The van der Waals surface area contributed by atoms with Gasteiger partial charge in [-0.2, -0.15) is 0 Å². The van der Waals surface area contributed by atoms with Crippen LogP contribution in [0.15, 0.2) is 18.2 Å². The molecule has 0 aromatic heterocycles. The fourth-order valence-electron chi connectivity index (χ4n) is 1.46. The van der Waals surface area contributed by atoms with Crippen LogP contribution in [0.1, 0.15) is 24.9 Å². The Morgan fingerprint density at radius 1 is 1.17 bits per heavy atom. The number of rotatable bonds is 8. The first-order chi connectivity index (χ1) is 8.65. The Morgan fingerprint density at radius 2 is 1.89 bits per heavy atom. The van der Waals surface area contributed by atoms with E-state index < -0.39 is 17.7 Å². The zero-order chi connectivity index (χ0) is 13.4. The van der Waals surface area contributed by atoms with Gasteiger partial charge in [-0.1, -0.05) is 6.92 Å². The molecule has 0 radical (unpaired) electrons. The van der Waals surface area contributed by atoms with Gasteiger partial charge in [0, 0.05) is 12.2 Å². The first kappa shape index (κ1) is 15.0. The van der Waals surface area contributed by atoms with E-state index in [-0.39, 0.29) is 12.2 Å². The third-order valence-corrected chi connectivity index (χ3v) is 2.38. The molecule has 0 aliphatic rings. The van der Waals surface area contributed by atoms with Crippen LogP contribution in [0.2, 0.25) is 0 Å². The van der Waals surface area contributed by atoms with Crippen molar-refractivity contribution in [2.45, 2.75) is 19.4 Å². The van der Waals surface area contributed by atoms with Gasteiger partial charge >= 0.3 is 0 Å². The summed E-state index contributed by atoms with van der Waals surface area (Å²) in [5.74, 6) is -1.03. The molecule has 0 saturated carbocycles. The molecule has 2 N–H and O–H groups in total. The average Bonchev–Trinajstić information content (AvgIpc) is 2.36. The highest BCUT2D eigenvalue weighted by Gasteiger charge is 2.12. The topological polar surface area (TPSA) is 44.5 Å². The standard InChI is InChI=1S/C13H19F2NO2/c1-2-5-17-6-7-18-9-13(16)11-8-10(14)3-4-12(11)15/h3-4,8,13H,2,5-7,9,16H2,1H3. The molecule has 0 saturated heterocycles. The van der Waals surface area contributed by atoms with Crippen LogP contribution in [0.25, 0.3) is 0 Å². The zero-order valence-electron chi connectivity index (χ0n) is 10.5. The van der Waals surface area contributed by atoms with Crippen molar-refractivity contribution in [2.75, 3.05) is 26.4 Å². The van der Waals surface area contributed by atoms with Gasteiger partial charge in [0.25, 0.3) is 0 Å². The summed E-state index contributed by atoms with van der Waals surface area (Å²) in [7, 11) is 0. The maximum atomic E-state index is 13.4. The van der Waals surface area contributed by atoms with Gasteiger partial charge in [0.15, 0.2) is 0 Å². The molecule has 1 atom stereocenters. The molecule has 0 heterocycles. The summed E-state index contributed by atoms with van der Waals surface area (Å²) < 4.78 is 36.8. The molecule has 1 rings (SSSR count). The molecule has 0 amide bonds. The maximum Gasteiger partial charge on any atom is 0.128 e. The van der Waals surface area contributed by atoms with Crippen molar-refractivity contribution < 1.29 is 18.3 Å². The highest BCUT2D eigenvalue weighted by atomic mass is 19.1. The molecule has 1 aromatic carbocycles. The lowest BCUT2D eigenvalue weighted by Gasteiger charge is -2.13. The van der Waals surface area contributed by atoms with E-state index in [1.54, 1.807) is 0 Å².